The Kier molecular flexibility index (Phi) is 5.11. The van der Waals surface area contributed by atoms with Gasteiger partial charge >= 0.3 is 11.9 Å². The van der Waals surface area contributed by atoms with E-state index < -0.39 is 23.0 Å². The SMILES string of the molecule is COC(=O)/C=C/CC1(O)CCCCC1(C)C(=O)OC. The average molecular weight is 270 g/mol. The van der Waals surface area contributed by atoms with Crippen molar-refractivity contribution in [2.75, 3.05) is 14.2 Å². The molecule has 0 heterocycles. The normalized spacial score (nSPS) is 31.2. The molecule has 0 aromatic carbocycles. The summed E-state index contributed by atoms with van der Waals surface area (Å²) in [6.45, 7) is 1.73. The van der Waals surface area contributed by atoms with Gasteiger partial charge in [0, 0.05) is 6.08 Å². The van der Waals surface area contributed by atoms with Crippen molar-refractivity contribution in [2.24, 2.45) is 5.41 Å². The van der Waals surface area contributed by atoms with Crippen molar-refractivity contribution in [3.8, 4) is 0 Å². The monoisotopic (exact) mass is 270 g/mol. The van der Waals surface area contributed by atoms with Gasteiger partial charge in [-0.05, 0) is 26.2 Å². The maximum absolute atomic E-state index is 12.0. The molecule has 1 fully saturated rings. The van der Waals surface area contributed by atoms with Crippen molar-refractivity contribution in [1.82, 2.24) is 0 Å². The minimum atomic E-state index is -1.18. The molecule has 1 rings (SSSR count). The zero-order chi connectivity index (χ0) is 14.5. The number of aliphatic hydroxyl groups is 1. The third-order valence-corrected chi connectivity index (χ3v) is 4.09. The number of methoxy groups -OCH3 is 2. The van der Waals surface area contributed by atoms with Crippen LogP contribution in [-0.4, -0.2) is 36.9 Å². The van der Waals surface area contributed by atoms with E-state index in [1.807, 2.05) is 0 Å². The average Bonchev–Trinajstić information content (AvgIpc) is 2.41. The third-order valence-electron chi connectivity index (χ3n) is 4.09. The molecule has 1 N–H and O–H groups in total. The van der Waals surface area contributed by atoms with E-state index >= 15 is 0 Å². The van der Waals surface area contributed by atoms with Gasteiger partial charge in [0.15, 0.2) is 0 Å². The van der Waals surface area contributed by atoms with Gasteiger partial charge in [0.1, 0.15) is 0 Å². The lowest BCUT2D eigenvalue weighted by Crippen LogP contribution is -2.53. The van der Waals surface area contributed by atoms with Crippen LogP contribution in [0.3, 0.4) is 0 Å². The van der Waals surface area contributed by atoms with Crippen LogP contribution in [-0.2, 0) is 19.1 Å². The zero-order valence-corrected chi connectivity index (χ0v) is 11.8. The number of esters is 2. The molecule has 2 atom stereocenters. The number of ether oxygens (including phenoxy) is 2. The topological polar surface area (TPSA) is 72.8 Å². The van der Waals surface area contributed by atoms with Crippen LogP contribution in [0.2, 0.25) is 0 Å². The van der Waals surface area contributed by atoms with Crippen molar-refractivity contribution >= 4 is 11.9 Å². The van der Waals surface area contributed by atoms with E-state index in [0.717, 1.165) is 12.8 Å². The lowest BCUT2D eigenvalue weighted by molar-refractivity contribution is -0.177. The van der Waals surface area contributed by atoms with Gasteiger partial charge in [-0.3, -0.25) is 4.79 Å². The fraction of sp³-hybridized carbons (Fsp3) is 0.714. The molecule has 0 amide bonds. The van der Waals surface area contributed by atoms with Crippen molar-refractivity contribution in [3.05, 3.63) is 12.2 Å². The molecule has 5 heteroatoms. The van der Waals surface area contributed by atoms with Crippen molar-refractivity contribution in [1.29, 1.82) is 0 Å². The summed E-state index contributed by atoms with van der Waals surface area (Å²) in [5.41, 5.74) is -2.11. The molecular formula is C14H22O5. The second-order valence-electron chi connectivity index (χ2n) is 5.19. The highest BCUT2D eigenvalue weighted by Crippen LogP contribution is 2.47. The van der Waals surface area contributed by atoms with Crippen LogP contribution in [0.25, 0.3) is 0 Å². The molecule has 1 aliphatic carbocycles. The lowest BCUT2D eigenvalue weighted by atomic mass is 9.63. The Morgan fingerprint density at radius 2 is 1.84 bits per heavy atom. The van der Waals surface area contributed by atoms with Gasteiger partial charge in [-0.15, -0.1) is 0 Å². The fourth-order valence-corrected chi connectivity index (χ4v) is 2.67. The Balaban J connectivity index is 2.88. The summed E-state index contributed by atoms with van der Waals surface area (Å²) in [4.78, 5) is 23.0. The summed E-state index contributed by atoms with van der Waals surface area (Å²) >= 11 is 0. The predicted molar refractivity (Wildman–Crippen MR) is 69.3 cm³/mol. The predicted octanol–water partition coefficient (Wildman–Crippen LogP) is 1.59. The van der Waals surface area contributed by atoms with Crippen LogP contribution in [0.1, 0.15) is 39.0 Å². The van der Waals surface area contributed by atoms with Crippen LogP contribution in [0.15, 0.2) is 12.2 Å². The summed E-state index contributed by atoms with van der Waals surface area (Å²) in [6, 6.07) is 0. The summed E-state index contributed by atoms with van der Waals surface area (Å²) in [7, 11) is 2.62. The highest BCUT2D eigenvalue weighted by Gasteiger charge is 2.53. The Hall–Kier alpha value is -1.36. The van der Waals surface area contributed by atoms with Gasteiger partial charge in [-0.25, -0.2) is 4.79 Å². The molecule has 108 valence electrons. The molecule has 1 aliphatic rings. The van der Waals surface area contributed by atoms with E-state index in [1.165, 1.54) is 20.3 Å². The van der Waals surface area contributed by atoms with Crippen LogP contribution in [0.4, 0.5) is 0 Å². The number of carbonyl (C=O) groups excluding carboxylic acids is 2. The van der Waals surface area contributed by atoms with Crippen LogP contribution in [0, 0.1) is 5.41 Å². The number of hydrogen-bond donors (Lipinski definition) is 1. The van der Waals surface area contributed by atoms with Gasteiger partial charge in [0.2, 0.25) is 0 Å². The molecule has 0 saturated heterocycles. The molecule has 2 unspecified atom stereocenters. The first-order valence-electron chi connectivity index (χ1n) is 6.45. The number of hydrogen-bond acceptors (Lipinski definition) is 5. The molecular weight excluding hydrogens is 248 g/mol. The summed E-state index contributed by atoms with van der Waals surface area (Å²) in [5, 5.41) is 10.8. The highest BCUT2D eigenvalue weighted by atomic mass is 16.5. The lowest BCUT2D eigenvalue weighted by Gasteiger charge is -2.45. The minimum absolute atomic E-state index is 0.230. The first kappa shape index (κ1) is 15.7. The first-order valence-corrected chi connectivity index (χ1v) is 6.45. The van der Waals surface area contributed by atoms with E-state index in [1.54, 1.807) is 13.0 Å². The second-order valence-corrected chi connectivity index (χ2v) is 5.19. The number of carbonyl (C=O) groups is 2. The summed E-state index contributed by atoms with van der Waals surface area (Å²) in [5.74, 6) is -0.875. The Morgan fingerprint density at radius 1 is 1.21 bits per heavy atom. The van der Waals surface area contributed by atoms with E-state index in [-0.39, 0.29) is 6.42 Å². The largest absolute Gasteiger partial charge is 0.469 e. The van der Waals surface area contributed by atoms with E-state index in [2.05, 4.69) is 4.74 Å². The molecule has 0 bridgehead atoms. The van der Waals surface area contributed by atoms with Gasteiger partial charge in [-0.1, -0.05) is 18.9 Å². The summed E-state index contributed by atoms with van der Waals surface area (Å²) in [6.07, 6.45) is 5.90. The molecule has 19 heavy (non-hydrogen) atoms. The maximum atomic E-state index is 12.0. The second kappa shape index (κ2) is 6.19. The van der Waals surface area contributed by atoms with Crippen molar-refractivity contribution in [3.63, 3.8) is 0 Å². The summed E-state index contributed by atoms with van der Waals surface area (Å²) < 4.78 is 9.32. The van der Waals surface area contributed by atoms with E-state index in [0.29, 0.717) is 12.8 Å². The fourth-order valence-electron chi connectivity index (χ4n) is 2.67. The Labute approximate surface area is 113 Å². The first-order chi connectivity index (χ1) is 8.89. The van der Waals surface area contributed by atoms with E-state index in [4.69, 9.17) is 4.74 Å². The van der Waals surface area contributed by atoms with Gasteiger partial charge < -0.3 is 14.6 Å². The van der Waals surface area contributed by atoms with Crippen molar-refractivity contribution in [2.45, 2.75) is 44.6 Å². The minimum Gasteiger partial charge on any atom is -0.469 e. The zero-order valence-electron chi connectivity index (χ0n) is 11.8. The van der Waals surface area contributed by atoms with Gasteiger partial charge in [0.05, 0.1) is 25.2 Å². The highest BCUT2D eigenvalue weighted by molar-refractivity contribution is 5.82. The van der Waals surface area contributed by atoms with E-state index in [9.17, 15) is 14.7 Å². The van der Waals surface area contributed by atoms with Crippen molar-refractivity contribution < 1.29 is 24.2 Å². The quantitative estimate of drug-likeness (QED) is 0.620. The molecule has 0 spiro atoms. The standard InChI is InChI=1S/C14H22O5/c1-13(12(16)19-3)8-4-5-9-14(13,17)10-6-7-11(15)18-2/h6-7,17H,4-5,8-10H2,1-3H3/b7-6+. The van der Waals surface area contributed by atoms with Crippen LogP contribution in [0.5, 0.6) is 0 Å². The van der Waals surface area contributed by atoms with Crippen LogP contribution >= 0.6 is 0 Å². The Morgan fingerprint density at radius 3 is 2.42 bits per heavy atom. The number of rotatable bonds is 4. The molecule has 0 aromatic rings. The molecule has 0 aliphatic heterocycles. The van der Waals surface area contributed by atoms with Gasteiger partial charge in [0.25, 0.3) is 0 Å². The molecule has 5 nitrogen and oxygen atoms in total. The third kappa shape index (κ3) is 3.15. The maximum Gasteiger partial charge on any atom is 0.330 e. The molecule has 0 radical (unpaired) electrons. The molecule has 1 saturated carbocycles. The smallest absolute Gasteiger partial charge is 0.330 e. The Bertz CT molecular complexity index is 376. The van der Waals surface area contributed by atoms with Gasteiger partial charge in [-0.2, -0.15) is 0 Å². The van der Waals surface area contributed by atoms with Crippen LogP contribution < -0.4 is 0 Å². The molecule has 0 aromatic heterocycles.